The number of halogens is 1. The zero-order chi connectivity index (χ0) is 21.8. The zero-order valence-corrected chi connectivity index (χ0v) is 16.1. The van der Waals surface area contributed by atoms with Crippen molar-refractivity contribution < 1.29 is 14.3 Å². The Bertz CT molecular complexity index is 1240. The third kappa shape index (κ3) is 2.72. The standard InChI is InChI=1S/C18H19FN8O3/c1-18(15(21)28)10-11(20)22-13(23-12(10)24-16(18)29)14-25-27(17(30)26(14)2)7-8-5-3-4-6-9(8)19/h3-6,16,29H,7H2,1-2H3,(H2,21,28)(H3,20,22,23,24). The molecule has 2 unspecified atom stereocenters. The molecule has 11 nitrogen and oxygen atoms in total. The summed E-state index contributed by atoms with van der Waals surface area (Å²) in [7, 11) is 1.46. The highest BCUT2D eigenvalue weighted by molar-refractivity contribution is 5.93. The molecule has 0 spiro atoms. The summed E-state index contributed by atoms with van der Waals surface area (Å²) in [5.74, 6) is -1.16. The van der Waals surface area contributed by atoms with Crippen LogP contribution in [0.1, 0.15) is 18.1 Å². The number of amides is 1. The molecular formula is C18H19FN8O3. The Labute approximate surface area is 169 Å². The van der Waals surface area contributed by atoms with Gasteiger partial charge in [-0.25, -0.2) is 23.8 Å². The Hall–Kier alpha value is -3.80. The van der Waals surface area contributed by atoms with Gasteiger partial charge in [0.25, 0.3) is 0 Å². The van der Waals surface area contributed by atoms with E-state index in [9.17, 15) is 19.1 Å². The maximum Gasteiger partial charge on any atom is 0.346 e. The lowest BCUT2D eigenvalue weighted by Gasteiger charge is -2.24. The number of carbonyl (C=O) groups excluding carboxylic acids is 1. The molecule has 1 aromatic carbocycles. The molecule has 2 aromatic heterocycles. The van der Waals surface area contributed by atoms with Crippen LogP contribution in [-0.2, 0) is 23.8 Å². The number of aliphatic hydroxyl groups excluding tert-OH is 1. The maximum atomic E-state index is 14.0. The molecule has 0 bridgehead atoms. The number of nitrogens with two attached hydrogens (primary N) is 2. The molecule has 1 amide bonds. The molecule has 1 aliphatic heterocycles. The second kappa shape index (κ2) is 6.62. The van der Waals surface area contributed by atoms with Gasteiger partial charge in [0.2, 0.25) is 17.6 Å². The highest BCUT2D eigenvalue weighted by Gasteiger charge is 2.50. The fourth-order valence-corrected chi connectivity index (χ4v) is 3.44. The third-order valence-electron chi connectivity index (χ3n) is 5.31. The Kier molecular flexibility index (Phi) is 4.31. The van der Waals surface area contributed by atoms with E-state index in [1.54, 1.807) is 18.2 Å². The van der Waals surface area contributed by atoms with Gasteiger partial charge in [-0.1, -0.05) is 18.2 Å². The van der Waals surface area contributed by atoms with Crippen molar-refractivity contribution in [2.45, 2.75) is 25.1 Å². The van der Waals surface area contributed by atoms with Crippen LogP contribution in [-0.4, -0.2) is 41.6 Å². The number of primary amides is 1. The largest absolute Gasteiger partial charge is 0.383 e. The second-order valence-corrected chi connectivity index (χ2v) is 7.18. The summed E-state index contributed by atoms with van der Waals surface area (Å²) >= 11 is 0. The average molecular weight is 414 g/mol. The van der Waals surface area contributed by atoms with Crippen LogP contribution >= 0.6 is 0 Å². The minimum Gasteiger partial charge on any atom is -0.383 e. The number of nitrogens with one attached hydrogen (secondary N) is 1. The second-order valence-electron chi connectivity index (χ2n) is 7.18. The highest BCUT2D eigenvalue weighted by atomic mass is 19.1. The minimum atomic E-state index is -1.52. The van der Waals surface area contributed by atoms with Crippen molar-refractivity contribution in [2.24, 2.45) is 12.8 Å². The number of hydrogen-bond acceptors (Lipinski definition) is 8. The third-order valence-corrected chi connectivity index (χ3v) is 5.31. The number of benzene rings is 1. The van der Waals surface area contributed by atoms with Gasteiger partial charge in [-0.3, -0.25) is 9.36 Å². The van der Waals surface area contributed by atoms with E-state index in [1.807, 2.05) is 0 Å². The van der Waals surface area contributed by atoms with Gasteiger partial charge in [-0.05, 0) is 13.0 Å². The van der Waals surface area contributed by atoms with Gasteiger partial charge in [-0.15, -0.1) is 5.10 Å². The Morgan fingerprint density at radius 1 is 1.37 bits per heavy atom. The van der Waals surface area contributed by atoms with E-state index >= 15 is 0 Å². The SMILES string of the molecule is Cn1c(-c2nc(N)c3c(n2)NC(O)C3(C)C(N)=O)nn(Cc2ccccc2F)c1=O. The summed E-state index contributed by atoms with van der Waals surface area (Å²) in [5.41, 5.74) is 9.92. The fraction of sp³-hybridized carbons (Fsp3) is 0.278. The molecule has 3 heterocycles. The molecule has 1 aliphatic rings. The number of carbonyl (C=O) groups is 1. The normalized spacial score (nSPS) is 20.1. The molecule has 3 aromatic rings. The number of anilines is 2. The van der Waals surface area contributed by atoms with E-state index < -0.39 is 29.1 Å². The molecule has 0 saturated heterocycles. The number of fused-ring (bicyclic) bond motifs is 1. The van der Waals surface area contributed by atoms with Gasteiger partial charge in [0.05, 0.1) is 12.1 Å². The Balaban J connectivity index is 1.79. The van der Waals surface area contributed by atoms with Crippen LogP contribution in [0.15, 0.2) is 29.1 Å². The Morgan fingerprint density at radius 3 is 2.73 bits per heavy atom. The first-order chi connectivity index (χ1) is 14.1. The summed E-state index contributed by atoms with van der Waals surface area (Å²) in [4.78, 5) is 32.9. The molecule has 0 aliphatic carbocycles. The topological polar surface area (TPSA) is 167 Å². The van der Waals surface area contributed by atoms with Gasteiger partial charge in [0, 0.05) is 12.6 Å². The first-order valence-corrected chi connectivity index (χ1v) is 8.94. The van der Waals surface area contributed by atoms with Gasteiger partial charge >= 0.3 is 5.69 Å². The molecule has 2 atom stereocenters. The molecule has 0 radical (unpaired) electrons. The molecule has 0 saturated carbocycles. The van der Waals surface area contributed by atoms with E-state index in [2.05, 4.69) is 20.4 Å². The van der Waals surface area contributed by atoms with Gasteiger partial charge < -0.3 is 21.9 Å². The number of rotatable bonds is 4. The Morgan fingerprint density at radius 2 is 2.07 bits per heavy atom. The molecule has 0 fully saturated rings. The predicted molar refractivity (Wildman–Crippen MR) is 105 cm³/mol. The van der Waals surface area contributed by atoms with Crippen LogP contribution in [0.25, 0.3) is 11.6 Å². The average Bonchev–Trinajstić information content (AvgIpc) is 3.12. The van der Waals surface area contributed by atoms with Gasteiger partial charge in [-0.2, -0.15) is 0 Å². The summed E-state index contributed by atoms with van der Waals surface area (Å²) in [6.07, 6.45) is -1.35. The minimum absolute atomic E-state index is 0.00782. The van der Waals surface area contributed by atoms with E-state index in [-0.39, 0.29) is 35.4 Å². The van der Waals surface area contributed by atoms with E-state index in [0.29, 0.717) is 5.56 Å². The lowest BCUT2D eigenvalue weighted by atomic mass is 9.83. The molecule has 30 heavy (non-hydrogen) atoms. The summed E-state index contributed by atoms with van der Waals surface area (Å²) in [6.45, 7) is 1.34. The van der Waals surface area contributed by atoms with Crippen LogP contribution in [0.4, 0.5) is 16.0 Å². The molecule has 6 N–H and O–H groups in total. The van der Waals surface area contributed by atoms with Crippen molar-refractivity contribution in [3.05, 3.63) is 51.7 Å². The number of aromatic nitrogens is 5. The van der Waals surface area contributed by atoms with Crippen molar-refractivity contribution in [3.63, 3.8) is 0 Å². The smallest absolute Gasteiger partial charge is 0.346 e. The zero-order valence-electron chi connectivity index (χ0n) is 16.1. The lowest BCUT2D eigenvalue weighted by molar-refractivity contribution is -0.125. The summed E-state index contributed by atoms with van der Waals surface area (Å²) in [5, 5.41) is 17.1. The van der Waals surface area contributed by atoms with Crippen molar-refractivity contribution in [1.29, 1.82) is 0 Å². The van der Waals surface area contributed by atoms with Gasteiger partial charge in [0.1, 0.15) is 29.1 Å². The highest BCUT2D eigenvalue weighted by Crippen LogP contribution is 2.42. The molecule has 12 heteroatoms. The summed E-state index contributed by atoms with van der Waals surface area (Å²) in [6, 6.07) is 6.05. The fourth-order valence-electron chi connectivity index (χ4n) is 3.44. The van der Waals surface area contributed by atoms with Crippen molar-refractivity contribution >= 4 is 17.5 Å². The monoisotopic (exact) mass is 414 g/mol. The first kappa shape index (κ1) is 19.5. The predicted octanol–water partition coefficient (Wildman–Crippen LogP) is -0.705. The summed E-state index contributed by atoms with van der Waals surface area (Å²) < 4.78 is 16.2. The first-order valence-electron chi connectivity index (χ1n) is 8.94. The molecule has 156 valence electrons. The lowest BCUT2D eigenvalue weighted by Crippen LogP contribution is -2.47. The molecular weight excluding hydrogens is 395 g/mol. The maximum absolute atomic E-state index is 14.0. The van der Waals surface area contributed by atoms with Crippen LogP contribution in [0.2, 0.25) is 0 Å². The van der Waals surface area contributed by atoms with Crippen molar-refractivity contribution in [2.75, 3.05) is 11.1 Å². The quantitative estimate of drug-likeness (QED) is 0.434. The van der Waals surface area contributed by atoms with E-state index in [4.69, 9.17) is 11.5 Å². The van der Waals surface area contributed by atoms with Crippen LogP contribution in [0.3, 0.4) is 0 Å². The van der Waals surface area contributed by atoms with Crippen molar-refractivity contribution in [1.82, 2.24) is 24.3 Å². The van der Waals surface area contributed by atoms with Gasteiger partial charge in [0.15, 0.2) is 0 Å². The number of nitrogens with zero attached hydrogens (tertiary/aromatic N) is 5. The van der Waals surface area contributed by atoms with Crippen LogP contribution < -0.4 is 22.5 Å². The number of nitrogen functional groups attached to an aromatic ring is 1. The van der Waals surface area contributed by atoms with E-state index in [0.717, 1.165) is 4.68 Å². The van der Waals surface area contributed by atoms with Crippen molar-refractivity contribution in [3.8, 4) is 11.6 Å². The van der Waals surface area contributed by atoms with E-state index in [1.165, 1.54) is 24.6 Å². The van der Waals surface area contributed by atoms with Crippen LogP contribution in [0, 0.1) is 5.82 Å². The number of hydrogen-bond donors (Lipinski definition) is 4. The van der Waals surface area contributed by atoms with Crippen LogP contribution in [0.5, 0.6) is 0 Å². The molecule has 4 rings (SSSR count). The number of aliphatic hydroxyl groups is 1.